The van der Waals surface area contributed by atoms with Gasteiger partial charge in [-0.1, -0.05) is 6.07 Å². The van der Waals surface area contributed by atoms with E-state index in [-0.39, 0.29) is 12.3 Å². The lowest BCUT2D eigenvalue weighted by atomic mass is 10.1. The second-order valence-electron chi connectivity index (χ2n) is 4.86. The zero-order valence-electron chi connectivity index (χ0n) is 11.2. The fraction of sp³-hybridized carbons (Fsp3) is 0.214. The predicted molar refractivity (Wildman–Crippen MR) is 81.2 cm³/mol. The summed E-state index contributed by atoms with van der Waals surface area (Å²) in [5.74, 6) is -0.551. The molecule has 6 nitrogen and oxygen atoms in total. The number of aromatic nitrogens is 1. The van der Waals surface area contributed by atoms with E-state index in [4.69, 9.17) is 11.5 Å². The van der Waals surface area contributed by atoms with E-state index >= 15 is 0 Å². The highest BCUT2D eigenvalue weighted by Crippen LogP contribution is 2.29. The molecule has 1 aromatic carbocycles. The number of fused-ring (bicyclic) bond motifs is 1. The summed E-state index contributed by atoms with van der Waals surface area (Å²) in [6, 6.07) is 5.22. The molecule has 0 spiro atoms. The van der Waals surface area contributed by atoms with Gasteiger partial charge in [0.05, 0.1) is 12.1 Å². The molecule has 4 N–H and O–H groups in total. The number of benzene rings is 1. The zero-order chi connectivity index (χ0) is 15.0. The average molecular weight is 302 g/mol. The highest BCUT2D eigenvalue weighted by molar-refractivity contribution is 7.13. The van der Waals surface area contributed by atoms with Crippen LogP contribution in [0.2, 0.25) is 0 Å². The Hall–Kier alpha value is -2.41. The van der Waals surface area contributed by atoms with Gasteiger partial charge < -0.3 is 16.4 Å². The molecule has 0 unspecified atom stereocenters. The molecule has 3 rings (SSSR count). The number of carbonyl (C=O) groups excluding carboxylic acids is 2. The fourth-order valence-corrected chi connectivity index (χ4v) is 3.01. The molecule has 0 bridgehead atoms. The largest absolute Gasteiger partial charge is 0.375 e. The molecule has 2 amide bonds. The van der Waals surface area contributed by atoms with Gasteiger partial charge in [-0.2, -0.15) is 0 Å². The van der Waals surface area contributed by atoms with Gasteiger partial charge in [0.25, 0.3) is 0 Å². The van der Waals surface area contributed by atoms with E-state index in [1.165, 1.54) is 11.3 Å². The van der Waals surface area contributed by atoms with Gasteiger partial charge >= 0.3 is 0 Å². The van der Waals surface area contributed by atoms with Crippen molar-refractivity contribution in [3.63, 3.8) is 0 Å². The first-order valence-electron chi connectivity index (χ1n) is 6.47. The van der Waals surface area contributed by atoms with E-state index in [1.54, 1.807) is 22.4 Å². The van der Waals surface area contributed by atoms with Crippen LogP contribution in [0.15, 0.2) is 23.6 Å². The predicted octanol–water partition coefficient (Wildman–Crippen LogP) is 0.956. The van der Waals surface area contributed by atoms with Crippen molar-refractivity contribution in [3.05, 3.63) is 40.4 Å². The smallest absolute Gasteiger partial charge is 0.248 e. The third-order valence-corrected chi connectivity index (χ3v) is 4.19. The number of amides is 2. The van der Waals surface area contributed by atoms with E-state index in [9.17, 15) is 9.59 Å². The standard InChI is InChI=1S/C14H14N4O2S/c15-13(20)9-2-1-8-3-4-18(11(8)5-9)12(19)6-10-7-21-14(16)17-10/h1-2,5,7H,3-4,6H2,(H2,15,20)(H2,16,17). The van der Waals surface area contributed by atoms with Gasteiger partial charge in [-0.05, 0) is 24.1 Å². The Morgan fingerprint density at radius 3 is 2.86 bits per heavy atom. The molecule has 0 radical (unpaired) electrons. The monoisotopic (exact) mass is 302 g/mol. The summed E-state index contributed by atoms with van der Waals surface area (Å²) in [5, 5.41) is 2.24. The Balaban J connectivity index is 1.84. The molecule has 1 aromatic heterocycles. The van der Waals surface area contributed by atoms with Gasteiger partial charge in [-0.15, -0.1) is 11.3 Å². The number of nitrogen functional groups attached to an aromatic ring is 1. The topological polar surface area (TPSA) is 102 Å². The Kier molecular flexibility index (Phi) is 3.34. The van der Waals surface area contributed by atoms with E-state index in [0.717, 1.165) is 17.7 Å². The number of hydrogen-bond acceptors (Lipinski definition) is 5. The minimum absolute atomic E-state index is 0.0549. The van der Waals surface area contributed by atoms with Crippen molar-refractivity contribution in [3.8, 4) is 0 Å². The highest BCUT2D eigenvalue weighted by atomic mass is 32.1. The Bertz CT molecular complexity index is 726. The van der Waals surface area contributed by atoms with Gasteiger partial charge in [0.15, 0.2) is 5.13 Å². The molecule has 0 saturated carbocycles. The van der Waals surface area contributed by atoms with Crippen molar-refractivity contribution in [1.29, 1.82) is 0 Å². The highest BCUT2D eigenvalue weighted by Gasteiger charge is 2.25. The van der Waals surface area contributed by atoms with Crippen molar-refractivity contribution in [2.75, 3.05) is 17.2 Å². The number of nitrogens with zero attached hydrogens (tertiary/aromatic N) is 2. The number of rotatable bonds is 3. The number of hydrogen-bond donors (Lipinski definition) is 2. The lowest BCUT2D eigenvalue weighted by Gasteiger charge is -2.17. The van der Waals surface area contributed by atoms with Gasteiger partial charge in [0.2, 0.25) is 11.8 Å². The van der Waals surface area contributed by atoms with Crippen LogP contribution in [0.25, 0.3) is 0 Å². The summed E-state index contributed by atoms with van der Waals surface area (Å²) in [6.07, 6.45) is 0.979. The molecular formula is C14H14N4O2S. The molecule has 7 heteroatoms. The SMILES string of the molecule is NC(=O)c1ccc2c(c1)N(C(=O)Cc1csc(N)n1)CC2. The van der Waals surface area contributed by atoms with Gasteiger partial charge in [0.1, 0.15) is 0 Å². The summed E-state index contributed by atoms with van der Waals surface area (Å²) < 4.78 is 0. The first kappa shape index (κ1) is 13.6. The lowest BCUT2D eigenvalue weighted by Crippen LogP contribution is -2.30. The second-order valence-corrected chi connectivity index (χ2v) is 5.75. The summed E-state index contributed by atoms with van der Waals surface area (Å²) in [5.41, 5.74) is 13.7. The first-order valence-corrected chi connectivity index (χ1v) is 7.35. The summed E-state index contributed by atoms with van der Waals surface area (Å²) in [7, 11) is 0. The maximum absolute atomic E-state index is 12.4. The van der Waals surface area contributed by atoms with Crippen LogP contribution in [0.1, 0.15) is 21.6 Å². The van der Waals surface area contributed by atoms with Crippen molar-refractivity contribution in [2.24, 2.45) is 5.73 Å². The molecular weight excluding hydrogens is 288 g/mol. The van der Waals surface area contributed by atoms with E-state index in [1.807, 2.05) is 6.07 Å². The van der Waals surface area contributed by atoms with Gasteiger partial charge in [0, 0.05) is 23.2 Å². The number of nitrogens with two attached hydrogens (primary N) is 2. The molecule has 1 aliphatic heterocycles. The molecule has 2 heterocycles. The van der Waals surface area contributed by atoms with Crippen LogP contribution >= 0.6 is 11.3 Å². The summed E-state index contributed by atoms with van der Waals surface area (Å²) >= 11 is 1.32. The van der Waals surface area contributed by atoms with Crippen LogP contribution in [0.5, 0.6) is 0 Å². The van der Waals surface area contributed by atoms with Gasteiger partial charge in [-0.25, -0.2) is 4.98 Å². The molecule has 21 heavy (non-hydrogen) atoms. The number of carbonyl (C=O) groups is 2. The number of primary amides is 1. The van der Waals surface area contributed by atoms with Crippen molar-refractivity contribution >= 4 is 34.0 Å². The van der Waals surface area contributed by atoms with Crippen molar-refractivity contribution in [1.82, 2.24) is 4.98 Å². The van der Waals surface area contributed by atoms with Crippen molar-refractivity contribution in [2.45, 2.75) is 12.8 Å². The minimum Gasteiger partial charge on any atom is -0.375 e. The van der Waals surface area contributed by atoms with Crippen molar-refractivity contribution < 1.29 is 9.59 Å². The average Bonchev–Trinajstić information content (AvgIpc) is 3.04. The first-order chi connectivity index (χ1) is 10.0. The molecule has 2 aromatic rings. The molecule has 0 fully saturated rings. The van der Waals surface area contributed by atoms with Crippen LogP contribution in [0.4, 0.5) is 10.8 Å². The fourth-order valence-electron chi connectivity index (χ4n) is 2.45. The molecule has 0 atom stereocenters. The minimum atomic E-state index is -0.496. The molecule has 1 aliphatic rings. The van der Waals surface area contributed by atoms with Crippen LogP contribution in [-0.2, 0) is 17.6 Å². The maximum atomic E-state index is 12.4. The second kappa shape index (κ2) is 5.17. The normalized spacial score (nSPS) is 13.2. The zero-order valence-corrected chi connectivity index (χ0v) is 12.0. The van der Waals surface area contributed by atoms with Crippen LogP contribution in [-0.4, -0.2) is 23.3 Å². The van der Waals surface area contributed by atoms with E-state index in [0.29, 0.717) is 22.9 Å². The van der Waals surface area contributed by atoms with Crippen LogP contribution < -0.4 is 16.4 Å². The van der Waals surface area contributed by atoms with Gasteiger partial charge in [-0.3, -0.25) is 9.59 Å². The molecule has 0 saturated heterocycles. The van der Waals surface area contributed by atoms with E-state index in [2.05, 4.69) is 4.98 Å². The molecule has 0 aliphatic carbocycles. The molecule has 108 valence electrons. The quantitative estimate of drug-likeness (QED) is 0.881. The van der Waals surface area contributed by atoms with Crippen LogP contribution in [0.3, 0.4) is 0 Å². The lowest BCUT2D eigenvalue weighted by molar-refractivity contribution is -0.117. The number of thiazole rings is 1. The summed E-state index contributed by atoms with van der Waals surface area (Å²) in [6.45, 7) is 0.607. The van der Waals surface area contributed by atoms with E-state index < -0.39 is 5.91 Å². The maximum Gasteiger partial charge on any atom is 0.248 e. The Morgan fingerprint density at radius 1 is 1.38 bits per heavy atom. The Labute approximate surface area is 125 Å². The third kappa shape index (κ3) is 2.59. The Morgan fingerprint density at radius 2 is 2.19 bits per heavy atom. The summed E-state index contributed by atoms with van der Waals surface area (Å²) in [4.78, 5) is 29.4. The van der Waals surface area contributed by atoms with Crippen LogP contribution in [0, 0.1) is 0 Å². The number of anilines is 2. The third-order valence-electron chi connectivity index (χ3n) is 3.47.